The number of Topliss-reactive ketones (excluding diaryl/α,β-unsaturated/α-hetero) is 1. The number of aliphatic carboxylic acids is 1. The molecule has 23 heavy (non-hydrogen) atoms. The van der Waals surface area contributed by atoms with Crippen molar-refractivity contribution in [2.24, 2.45) is 5.92 Å². The number of aliphatic hydroxyl groups is 1. The summed E-state index contributed by atoms with van der Waals surface area (Å²) in [6.45, 7) is 2.00. The summed E-state index contributed by atoms with van der Waals surface area (Å²) in [7, 11) is 0. The molecule has 0 bridgehead atoms. The van der Waals surface area contributed by atoms with Crippen LogP contribution < -0.4 is 0 Å². The van der Waals surface area contributed by atoms with E-state index >= 15 is 0 Å². The van der Waals surface area contributed by atoms with Crippen molar-refractivity contribution >= 4 is 11.8 Å². The third-order valence-corrected chi connectivity index (χ3v) is 4.48. The second-order valence-corrected chi connectivity index (χ2v) is 6.64. The van der Waals surface area contributed by atoms with E-state index in [4.69, 9.17) is 10.2 Å². The second-order valence-electron chi connectivity index (χ2n) is 6.64. The average Bonchev–Trinajstić information content (AvgIpc) is 2.50. The third-order valence-electron chi connectivity index (χ3n) is 4.48. The van der Waals surface area contributed by atoms with Gasteiger partial charge in [0.15, 0.2) is 0 Å². The first kappa shape index (κ1) is 22.1. The van der Waals surface area contributed by atoms with E-state index in [0.29, 0.717) is 12.4 Å². The van der Waals surface area contributed by atoms with Crippen LogP contribution in [0.15, 0.2) is 0 Å². The summed E-state index contributed by atoms with van der Waals surface area (Å²) in [5, 5.41) is 17.3. The maximum absolute atomic E-state index is 11.7. The van der Waals surface area contributed by atoms with Crippen LogP contribution in [0.25, 0.3) is 0 Å². The highest BCUT2D eigenvalue weighted by Crippen LogP contribution is 2.20. The fourth-order valence-corrected chi connectivity index (χ4v) is 2.96. The van der Waals surface area contributed by atoms with Crippen LogP contribution in [0, 0.1) is 5.92 Å². The summed E-state index contributed by atoms with van der Waals surface area (Å²) in [6, 6.07) is 0. The lowest BCUT2D eigenvalue weighted by Crippen LogP contribution is -2.11. The van der Waals surface area contributed by atoms with Gasteiger partial charge in [-0.2, -0.15) is 0 Å². The molecule has 4 heteroatoms. The van der Waals surface area contributed by atoms with Gasteiger partial charge in [0.1, 0.15) is 5.78 Å². The summed E-state index contributed by atoms with van der Waals surface area (Å²) >= 11 is 0. The molecular weight excluding hydrogens is 292 g/mol. The highest BCUT2D eigenvalue weighted by atomic mass is 16.4. The molecule has 0 rings (SSSR count). The molecule has 0 aromatic heterocycles. The Balaban J connectivity index is 3.55. The van der Waals surface area contributed by atoms with Crippen LogP contribution in [-0.4, -0.2) is 28.6 Å². The number of unbranched alkanes of at least 4 members (excludes halogenated alkanes) is 9. The number of carbonyl (C=O) groups is 2. The maximum Gasteiger partial charge on any atom is 0.303 e. The molecule has 0 radical (unpaired) electrons. The molecular formula is C19H36O4. The first-order valence-corrected chi connectivity index (χ1v) is 9.41. The van der Waals surface area contributed by atoms with Crippen molar-refractivity contribution in [2.45, 2.75) is 96.8 Å². The molecule has 0 aliphatic rings. The van der Waals surface area contributed by atoms with Crippen LogP contribution in [0.1, 0.15) is 96.8 Å². The van der Waals surface area contributed by atoms with Gasteiger partial charge in [0.25, 0.3) is 0 Å². The number of carboxylic acid groups (broad SMARTS) is 1. The van der Waals surface area contributed by atoms with Crippen molar-refractivity contribution in [2.75, 3.05) is 6.61 Å². The fraction of sp³-hybridized carbons (Fsp3) is 0.895. The van der Waals surface area contributed by atoms with Crippen LogP contribution in [0.5, 0.6) is 0 Å². The Labute approximate surface area is 141 Å². The molecule has 0 aliphatic carbocycles. The minimum absolute atomic E-state index is 0.198. The van der Waals surface area contributed by atoms with Crippen molar-refractivity contribution in [1.29, 1.82) is 0 Å². The van der Waals surface area contributed by atoms with Gasteiger partial charge in [-0.1, -0.05) is 57.8 Å². The number of rotatable bonds is 17. The average molecular weight is 328 g/mol. The van der Waals surface area contributed by atoms with E-state index < -0.39 is 5.97 Å². The van der Waals surface area contributed by atoms with Crippen LogP contribution in [-0.2, 0) is 9.59 Å². The van der Waals surface area contributed by atoms with E-state index in [-0.39, 0.29) is 12.3 Å². The van der Waals surface area contributed by atoms with Crippen LogP contribution in [0.2, 0.25) is 0 Å². The Kier molecular flexibility index (Phi) is 15.4. The Morgan fingerprint density at radius 2 is 1.17 bits per heavy atom. The molecule has 0 amide bonds. The smallest absolute Gasteiger partial charge is 0.303 e. The number of hydrogen-bond donors (Lipinski definition) is 2. The summed E-state index contributed by atoms with van der Waals surface area (Å²) in [4.78, 5) is 22.1. The zero-order chi connectivity index (χ0) is 17.3. The molecule has 2 N–H and O–H groups in total. The largest absolute Gasteiger partial charge is 0.481 e. The normalized spacial score (nSPS) is 12.3. The summed E-state index contributed by atoms with van der Waals surface area (Å²) in [5.74, 6) is -0.217. The zero-order valence-electron chi connectivity index (χ0n) is 14.9. The Hall–Kier alpha value is -0.900. The third kappa shape index (κ3) is 15.8. The molecule has 4 nitrogen and oxygen atoms in total. The number of carboxylic acids is 1. The van der Waals surface area contributed by atoms with E-state index in [1.165, 1.54) is 25.7 Å². The topological polar surface area (TPSA) is 74.6 Å². The summed E-state index contributed by atoms with van der Waals surface area (Å²) in [6.07, 6.45) is 14.0. The van der Waals surface area contributed by atoms with Gasteiger partial charge >= 0.3 is 5.97 Å². The molecule has 0 saturated heterocycles. The Morgan fingerprint density at radius 3 is 1.61 bits per heavy atom. The molecule has 0 aromatic carbocycles. The quantitative estimate of drug-likeness (QED) is 0.378. The molecule has 1 atom stereocenters. The van der Waals surface area contributed by atoms with E-state index in [1.807, 2.05) is 0 Å². The van der Waals surface area contributed by atoms with Gasteiger partial charge in [-0.15, -0.1) is 0 Å². The van der Waals surface area contributed by atoms with Crippen molar-refractivity contribution in [3.8, 4) is 0 Å². The molecule has 0 aliphatic heterocycles. The number of aliphatic hydroxyl groups excluding tert-OH is 1. The first-order valence-electron chi connectivity index (χ1n) is 9.41. The standard InChI is InChI=1S/C19H36O4/c1-17(21)18(14-10-6-7-11-15-19(22)23)13-9-5-3-2-4-8-12-16-20/h18,20H,2-16H2,1H3,(H,22,23)/t18-/m1/s1. The van der Waals surface area contributed by atoms with Crippen molar-refractivity contribution in [3.05, 3.63) is 0 Å². The summed E-state index contributed by atoms with van der Waals surface area (Å²) < 4.78 is 0. The highest BCUT2D eigenvalue weighted by Gasteiger charge is 2.13. The number of hydrogen-bond acceptors (Lipinski definition) is 3. The second kappa shape index (κ2) is 16.0. The molecule has 0 unspecified atom stereocenters. The zero-order valence-corrected chi connectivity index (χ0v) is 14.9. The van der Waals surface area contributed by atoms with Gasteiger partial charge in [-0.25, -0.2) is 0 Å². The van der Waals surface area contributed by atoms with E-state index in [0.717, 1.165) is 57.8 Å². The Bertz CT molecular complexity index is 302. The monoisotopic (exact) mass is 328 g/mol. The van der Waals surface area contributed by atoms with Gasteiger partial charge in [0, 0.05) is 18.9 Å². The highest BCUT2D eigenvalue weighted by molar-refractivity contribution is 5.78. The molecule has 0 saturated carbocycles. The molecule has 136 valence electrons. The van der Waals surface area contributed by atoms with Crippen molar-refractivity contribution < 1.29 is 19.8 Å². The van der Waals surface area contributed by atoms with Gasteiger partial charge in [-0.3, -0.25) is 9.59 Å². The van der Waals surface area contributed by atoms with E-state index in [9.17, 15) is 9.59 Å². The predicted octanol–water partition coefficient (Wildman–Crippen LogP) is 4.73. The van der Waals surface area contributed by atoms with Gasteiger partial charge in [0.05, 0.1) is 0 Å². The van der Waals surface area contributed by atoms with E-state index in [1.54, 1.807) is 6.92 Å². The van der Waals surface area contributed by atoms with Crippen LogP contribution in [0.4, 0.5) is 0 Å². The van der Waals surface area contributed by atoms with Gasteiger partial charge < -0.3 is 10.2 Å². The van der Waals surface area contributed by atoms with Gasteiger partial charge in [0.2, 0.25) is 0 Å². The maximum atomic E-state index is 11.7. The lowest BCUT2D eigenvalue weighted by Gasteiger charge is -2.13. The predicted molar refractivity (Wildman–Crippen MR) is 93.5 cm³/mol. The number of ketones is 1. The molecule has 0 aromatic rings. The first-order chi connectivity index (χ1) is 11.1. The Morgan fingerprint density at radius 1 is 0.739 bits per heavy atom. The molecule has 0 fully saturated rings. The van der Waals surface area contributed by atoms with Crippen molar-refractivity contribution in [1.82, 2.24) is 0 Å². The minimum Gasteiger partial charge on any atom is -0.481 e. The minimum atomic E-state index is -0.719. The number of carbonyl (C=O) groups excluding carboxylic acids is 1. The lowest BCUT2D eigenvalue weighted by molar-refractivity contribution is -0.137. The van der Waals surface area contributed by atoms with E-state index in [2.05, 4.69) is 0 Å². The molecule has 0 heterocycles. The van der Waals surface area contributed by atoms with Crippen LogP contribution >= 0.6 is 0 Å². The fourth-order valence-electron chi connectivity index (χ4n) is 2.96. The van der Waals surface area contributed by atoms with Gasteiger partial charge in [-0.05, 0) is 32.6 Å². The summed E-state index contributed by atoms with van der Waals surface area (Å²) in [5.41, 5.74) is 0. The molecule has 0 spiro atoms. The lowest BCUT2D eigenvalue weighted by atomic mass is 9.91. The van der Waals surface area contributed by atoms with Crippen molar-refractivity contribution in [3.63, 3.8) is 0 Å². The SMILES string of the molecule is CC(=O)[C@H](CCCCCCCCCO)CCCCCCC(=O)O. The van der Waals surface area contributed by atoms with Crippen LogP contribution in [0.3, 0.4) is 0 Å².